The first kappa shape index (κ1) is 15.2. The number of hydrogen-bond acceptors (Lipinski definition) is 2. The van der Waals surface area contributed by atoms with Crippen LogP contribution < -0.4 is 5.32 Å². The van der Waals surface area contributed by atoms with Crippen molar-refractivity contribution in [3.8, 4) is 0 Å². The van der Waals surface area contributed by atoms with E-state index in [-0.39, 0.29) is 16.8 Å². The number of hydrogen-bond donors (Lipinski definition) is 2. The molecular formula is C15H11BrFNO3. The highest BCUT2D eigenvalue weighted by atomic mass is 79.9. The van der Waals surface area contributed by atoms with Crippen molar-refractivity contribution in [3.05, 3.63) is 63.4 Å². The third kappa shape index (κ3) is 3.46. The van der Waals surface area contributed by atoms with E-state index < -0.39 is 17.7 Å². The lowest BCUT2D eigenvalue weighted by Gasteiger charge is -2.09. The Bertz CT molecular complexity index is 731. The largest absolute Gasteiger partial charge is 0.478 e. The summed E-state index contributed by atoms with van der Waals surface area (Å²) < 4.78 is 14.3. The van der Waals surface area contributed by atoms with Crippen LogP contribution in [0.2, 0.25) is 0 Å². The van der Waals surface area contributed by atoms with Gasteiger partial charge in [-0.1, -0.05) is 6.07 Å². The zero-order valence-corrected chi connectivity index (χ0v) is 12.6. The molecule has 1 amide bonds. The molecule has 0 aliphatic heterocycles. The van der Waals surface area contributed by atoms with Crippen molar-refractivity contribution in [1.29, 1.82) is 0 Å². The SMILES string of the molecule is Cc1ccc(C(=O)Nc2cc(C(=O)O)ccc2Br)c(F)c1. The predicted molar refractivity (Wildman–Crippen MR) is 80.2 cm³/mol. The molecule has 0 fully saturated rings. The molecule has 2 aromatic rings. The van der Waals surface area contributed by atoms with E-state index in [1.54, 1.807) is 13.0 Å². The molecule has 0 heterocycles. The topological polar surface area (TPSA) is 66.4 Å². The number of carboxylic acids is 1. The number of anilines is 1. The molecule has 0 saturated carbocycles. The van der Waals surface area contributed by atoms with E-state index in [0.29, 0.717) is 10.0 Å². The van der Waals surface area contributed by atoms with Crippen LogP contribution in [0.4, 0.5) is 10.1 Å². The molecule has 2 aromatic carbocycles. The van der Waals surface area contributed by atoms with Gasteiger partial charge in [-0.15, -0.1) is 0 Å². The van der Waals surface area contributed by atoms with Gasteiger partial charge in [-0.2, -0.15) is 0 Å². The van der Waals surface area contributed by atoms with Crippen molar-refractivity contribution >= 4 is 33.5 Å². The molecule has 0 aliphatic rings. The van der Waals surface area contributed by atoms with E-state index in [2.05, 4.69) is 21.2 Å². The zero-order chi connectivity index (χ0) is 15.6. The van der Waals surface area contributed by atoms with E-state index in [9.17, 15) is 14.0 Å². The number of carbonyl (C=O) groups excluding carboxylic acids is 1. The van der Waals surface area contributed by atoms with Crippen LogP contribution in [0.25, 0.3) is 0 Å². The fourth-order valence-corrected chi connectivity index (χ4v) is 2.09. The van der Waals surface area contributed by atoms with Gasteiger partial charge in [0, 0.05) is 4.47 Å². The zero-order valence-electron chi connectivity index (χ0n) is 11.0. The molecule has 0 spiro atoms. The summed E-state index contributed by atoms with van der Waals surface area (Å²) in [7, 11) is 0. The first-order valence-electron chi connectivity index (χ1n) is 5.99. The summed E-state index contributed by atoms with van der Waals surface area (Å²) in [6.45, 7) is 1.72. The van der Waals surface area contributed by atoms with Crippen molar-refractivity contribution in [2.45, 2.75) is 6.92 Å². The lowest BCUT2D eigenvalue weighted by atomic mass is 10.1. The van der Waals surface area contributed by atoms with E-state index in [1.165, 1.54) is 30.3 Å². The summed E-state index contributed by atoms with van der Waals surface area (Å²) in [5.41, 5.74) is 0.893. The van der Waals surface area contributed by atoms with Crippen LogP contribution in [0.5, 0.6) is 0 Å². The monoisotopic (exact) mass is 351 g/mol. The number of benzene rings is 2. The molecule has 0 aliphatic carbocycles. The molecule has 0 radical (unpaired) electrons. The molecule has 108 valence electrons. The Morgan fingerprint density at radius 3 is 2.52 bits per heavy atom. The highest BCUT2D eigenvalue weighted by Crippen LogP contribution is 2.24. The summed E-state index contributed by atoms with van der Waals surface area (Å²) in [6, 6.07) is 8.48. The van der Waals surface area contributed by atoms with Gasteiger partial charge in [0.15, 0.2) is 0 Å². The molecule has 4 nitrogen and oxygen atoms in total. The first-order chi connectivity index (χ1) is 9.88. The van der Waals surface area contributed by atoms with Gasteiger partial charge in [0.05, 0.1) is 16.8 Å². The lowest BCUT2D eigenvalue weighted by molar-refractivity contribution is 0.0696. The number of nitrogens with one attached hydrogen (secondary N) is 1. The molecule has 21 heavy (non-hydrogen) atoms. The fraction of sp³-hybridized carbons (Fsp3) is 0.0667. The van der Waals surface area contributed by atoms with Crippen LogP contribution in [0.1, 0.15) is 26.3 Å². The minimum Gasteiger partial charge on any atom is -0.478 e. The Balaban J connectivity index is 2.31. The molecule has 0 bridgehead atoms. The van der Waals surface area contributed by atoms with E-state index in [0.717, 1.165) is 0 Å². The van der Waals surface area contributed by atoms with E-state index >= 15 is 0 Å². The maximum Gasteiger partial charge on any atom is 0.335 e. The van der Waals surface area contributed by atoms with Crippen LogP contribution >= 0.6 is 15.9 Å². The second-order valence-corrected chi connectivity index (χ2v) is 5.29. The molecular weight excluding hydrogens is 341 g/mol. The summed E-state index contributed by atoms with van der Waals surface area (Å²) in [6.07, 6.45) is 0. The summed E-state index contributed by atoms with van der Waals surface area (Å²) in [4.78, 5) is 23.0. The predicted octanol–water partition coefficient (Wildman–Crippen LogP) is 3.85. The number of amides is 1. The van der Waals surface area contributed by atoms with Crippen molar-refractivity contribution in [3.63, 3.8) is 0 Å². The van der Waals surface area contributed by atoms with Crippen molar-refractivity contribution in [2.75, 3.05) is 5.32 Å². The average Bonchev–Trinajstić information content (AvgIpc) is 2.40. The third-order valence-electron chi connectivity index (χ3n) is 2.83. The summed E-state index contributed by atoms with van der Waals surface area (Å²) in [5, 5.41) is 11.4. The van der Waals surface area contributed by atoms with Gasteiger partial charge in [0.25, 0.3) is 5.91 Å². The van der Waals surface area contributed by atoms with Gasteiger partial charge in [0.1, 0.15) is 5.82 Å². The van der Waals surface area contributed by atoms with Gasteiger partial charge >= 0.3 is 5.97 Å². The van der Waals surface area contributed by atoms with Crippen LogP contribution in [0.15, 0.2) is 40.9 Å². The Hall–Kier alpha value is -2.21. The number of halogens is 2. The summed E-state index contributed by atoms with van der Waals surface area (Å²) in [5.74, 6) is -2.38. The molecule has 0 unspecified atom stereocenters. The minimum atomic E-state index is -1.11. The number of aromatic carboxylic acids is 1. The van der Waals surface area contributed by atoms with Gasteiger partial charge in [-0.3, -0.25) is 4.79 Å². The van der Waals surface area contributed by atoms with Gasteiger partial charge in [-0.05, 0) is 58.7 Å². The molecule has 2 rings (SSSR count). The van der Waals surface area contributed by atoms with Gasteiger partial charge in [-0.25, -0.2) is 9.18 Å². The Morgan fingerprint density at radius 2 is 1.90 bits per heavy atom. The van der Waals surface area contributed by atoms with Gasteiger partial charge in [0.2, 0.25) is 0 Å². The molecule has 2 N–H and O–H groups in total. The normalized spacial score (nSPS) is 10.2. The molecule has 0 saturated heterocycles. The Kier molecular flexibility index (Phi) is 4.37. The minimum absolute atomic E-state index is 0.0258. The maximum atomic E-state index is 13.7. The van der Waals surface area contributed by atoms with Crippen LogP contribution in [-0.4, -0.2) is 17.0 Å². The Labute approximate surface area is 128 Å². The van der Waals surface area contributed by atoms with Crippen molar-refractivity contribution < 1.29 is 19.1 Å². The third-order valence-corrected chi connectivity index (χ3v) is 3.52. The number of carboxylic acid groups (broad SMARTS) is 1. The number of aryl methyl sites for hydroxylation is 1. The van der Waals surface area contributed by atoms with Crippen molar-refractivity contribution in [2.24, 2.45) is 0 Å². The Morgan fingerprint density at radius 1 is 1.19 bits per heavy atom. The van der Waals surface area contributed by atoms with Gasteiger partial charge < -0.3 is 10.4 Å². The second-order valence-electron chi connectivity index (χ2n) is 4.44. The maximum absolute atomic E-state index is 13.7. The highest BCUT2D eigenvalue weighted by Gasteiger charge is 2.14. The van der Waals surface area contributed by atoms with E-state index in [4.69, 9.17) is 5.11 Å². The number of rotatable bonds is 3. The van der Waals surface area contributed by atoms with Crippen LogP contribution in [0, 0.1) is 12.7 Å². The lowest BCUT2D eigenvalue weighted by Crippen LogP contribution is -2.14. The van der Waals surface area contributed by atoms with E-state index in [1.807, 2.05) is 0 Å². The smallest absolute Gasteiger partial charge is 0.335 e. The summed E-state index contributed by atoms with van der Waals surface area (Å²) >= 11 is 3.21. The first-order valence-corrected chi connectivity index (χ1v) is 6.78. The second kappa shape index (κ2) is 6.05. The molecule has 0 aromatic heterocycles. The quantitative estimate of drug-likeness (QED) is 0.882. The standard InChI is InChI=1S/C15H11BrFNO3/c1-8-2-4-10(12(17)6-8)14(19)18-13-7-9(15(20)21)3-5-11(13)16/h2-7H,1H3,(H,18,19)(H,20,21). The molecule has 0 atom stereocenters. The average molecular weight is 352 g/mol. The van der Waals surface area contributed by atoms with Crippen LogP contribution in [0.3, 0.4) is 0 Å². The number of carbonyl (C=O) groups is 2. The highest BCUT2D eigenvalue weighted by molar-refractivity contribution is 9.10. The van der Waals surface area contributed by atoms with Crippen LogP contribution in [-0.2, 0) is 0 Å². The van der Waals surface area contributed by atoms with Crippen molar-refractivity contribution in [1.82, 2.24) is 0 Å². The molecule has 6 heteroatoms. The fourth-order valence-electron chi connectivity index (χ4n) is 1.75.